The van der Waals surface area contributed by atoms with Gasteiger partial charge in [-0.25, -0.2) is 0 Å². The fraction of sp³-hybridized carbons (Fsp3) is 0.920. The molecule has 4 fully saturated rings. The SMILES string of the molecule is CC(=O)O[C@H]1CC[C@]2(C)C3CC[C@@]4(C)C(CCC4[C@H](C)CC(=O)O)C3CC[C@@H]2C1. The van der Waals surface area contributed by atoms with Crippen molar-refractivity contribution in [2.24, 2.45) is 46.3 Å². The zero-order chi connectivity index (χ0) is 21.0. The molecule has 0 heterocycles. The lowest BCUT2D eigenvalue weighted by atomic mass is 9.44. The Balaban J connectivity index is 1.50. The topological polar surface area (TPSA) is 63.6 Å². The molecule has 164 valence electrons. The molecule has 4 rings (SSSR count). The number of fused-ring (bicyclic) bond motifs is 5. The summed E-state index contributed by atoms with van der Waals surface area (Å²) in [5.41, 5.74) is 0.722. The van der Waals surface area contributed by atoms with E-state index < -0.39 is 5.97 Å². The van der Waals surface area contributed by atoms with Crippen molar-refractivity contribution in [2.75, 3.05) is 0 Å². The molecule has 0 spiro atoms. The number of hydrogen-bond acceptors (Lipinski definition) is 3. The maximum Gasteiger partial charge on any atom is 0.303 e. The van der Waals surface area contributed by atoms with Crippen molar-refractivity contribution in [2.45, 2.75) is 98.0 Å². The van der Waals surface area contributed by atoms with Gasteiger partial charge in [0.05, 0.1) is 0 Å². The lowest BCUT2D eigenvalue weighted by molar-refractivity contribution is -0.161. The molecule has 0 aliphatic heterocycles. The average molecular weight is 405 g/mol. The molecule has 4 aliphatic rings. The molecule has 29 heavy (non-hydrogen) atoms. The number of esters is 1. The van der Waals surface area contributed by atoms with E-state index in [9.17, 15) is 14.7 Å². The van der Waals surface area contributed by atoms with Gasteiger partial charge in [0.1, 0.15) is 6.10 Å². The van der Waals surface area contributed by atoms with Gasteiger partial charge >= 0.3 is 11.9 Å². The highest BCUT2D eigenvalue weighted by atomic mass is 16.5. The van der Waals surface area contributed by atoms with Gasteiger partial charge in [-0.2, -0.15) is 0 Å². The van der Waals surface area contributed by atoms with Crippen LogP contribution in [-0.2, 0) is 14.3 Å². The summed E-state index contributed by atoms with van der Waals surface area (Å²) < 4.78 is 5.59. The Bertz CT molecular complexity index is 659. The third-order valence-electron chi connectivity index (χ3n) is 10.2. The molecule has 1 N–H and O–H groups in total. The standard InChI is InChI=1S/C25H40O4/c1-15(13-23(27)28)20-7-8-21-19-6-5-17-14-18(29-16(2)26)9-11-24(17,3)22(19)10-12-25(20,21)4/h15,17-22H,5-14H2,1-4H3,(H,27,28)/t15-,17-,18+,19?,20?,21?,22?,24+,25-/m1/s1. The molecule has 4 aliphatic carbocycles. The summed E-state index contributed by atoms with van der Waals surface area (Å²) >= 11 is 0. The van der Waals surface area contributed by atoms with Gasteiger partial charge in [0, 0.05) is 13.3 Å². The minimum absolute atomic E-state index is 0.128. The second-order valence-electron chi connectivity index (χ2n) is 11.5. The summed E-state index contributed by atoms with van der Waals surface area (Å²) in [5, 5.41) is 9.32. The summed E-state index contributed by atoms with van der Waals surface area (Å²) in [6.07, 6.45) is 11.4. The Morgan fingerprint density at radius 3 is 2.38 bits per heavy atom. The lowest BCUT2D eigenvalue weighted by Crippen LogP contribution is -2.54. The van der Waals surface area contributed by atoms with Gasteiger partial charge in [0.15, 0.2) is 0 Å². The Morgan fingerprint density at radius 1 is 1.00 bits per heavy atom. The number of ether oxygens (including phenoxy) is 1. The van der Waals surface area contributed by atoms with Crippen LogP contribution >= 0.6 is 0 Å². The van der Waals surface area contributed by atoms with Crippen LogP contribution in [0, 0.1) is 46.3 Å². The highest BCUT2D eigenvalue weighted by Gasteiger charge is 2.60. The first-order chi connectivity index (χ1) is 13.6. The lowest BCUT2D eigenvalue weighted by Gasteiger charge is -2.61. The maximum absolute atomic E-state index is 11.4. The van der Waals surface area contributed by atoms with Crippen LogP contribution in [-0.4, -0.2) is 23.1 Å². The summed E-state index contributed by atoms with van der Waals surface area (Å²) in [4.78, 5) is 22.8. The molecule has 0 saturated heterocycles. The van der Waals surface area contributed by atoms with Gasteiger partial charge < -0.3 is 9.84 Å². The Hall–Kier alpha value is -1.06. The van der Waals surface area contributed by atoms with Crippen LogP contribution in [0.2, 0.25) is 0 Å². The van der Waals surface area contributed by atoms with E-state index in [0.29, 0.717) is 29.1 Å². The van der Waals surface area contributed by atoms with Gasteiger partial charge in [-0.3, -0.25) is 9.59 Å². The Labute approximate surface area is 176 Å². The second kappa shape index (κ2) is 7.57. The van der Waals surface area contributed by atoms with E-state index in [1.54, 1.807) is 0 Å². The third-order valence-corrected chi connectivity index (χ3v) is 10.2. The van der Waals surface area contributed by atoms with Crippen LogP contribution in [0.1, 0.15) is 91.9 Å². The number of rotatable bonds is 4. The van der Waals surface area contributed by atoms with Crippen LogP contribution < -0.4 is 0 Å². The minimum Gasteiger partial charge on any atom is -0.481 e. The molecule has 0 aromatic heterocycles. The smallest absolute Gasteiger partial charge is 0.303 e. The van der Waals surface area contributed by atoms with Crippen molar-refractivity contribution in [3.63, 3.8) is 0 Å². The summed E-state index contributed by atoms with van der Waals surface area (Å²) in [6.45, 7) is 8.75. The van der Waals surface area contributed by atoms with E-state index in [1.807, 2.05) is 0 Å². The van der Waals surface area contributed by atoms with E-state index in [0.717, 1.165) is 30.6 Å². The van der Waals surface area contributed by atoms with Crippen LogP contribution in [0.4, 0.5) is 0 Å². The maximum atomic E-state index is 11.4. The fourth-order valence-electron chi connectivity index (χ4n) is 8.95. The molecule has 0 radical (unpaired) electrons. The summed E-state index contributed by atoms with van der Waals surface area (Å²) in [5.74, 6) is 3.14. The van der Waals surface area contributed by atoms with Gasteiger partial charge in [-0.05, 0) is 104 Å². The first-order valence-corrected chi connectivity index (χ1v) is 12.0. The van der Waals surface area contributed by atoms with E-state index in [2.05, 4.69) is 20.8 Å². The van der Waals surface area contributed by atoms with Gasteiger partial charge in [-0.15, -0.1) is 0 Å². The van der Waals surface area contributed by atoms with Crippen molar-refractivity contribution >= 4 is 11.9 Å². The highest BCUT2D eigenvalue weighted by Crippen LogP contribution is 2.68. The molecule has 0 aromatic rings. The van der Waals surface area contributed by atoms with Gasteiger partial charge in [-0.1, -0.05) is 20.8 Å². The molecule has 0 amide bonds. The third kappa shape index (κ3) is 3.53. The number of carboxylic acids is 1. The first kappa shape index (κ1) is 21.2. The van der Waals surface area contributed by atoms with E-state index in [1.165, 1.54) is 51.9 Å². The van der Waals surface area contributed by atoms with Crippen molar-refractivity contribution in [1.82, 2.24) is 0 Å². The molecule has 4 heteroatoms. The van der Waals surface area contributed by atoms with Crippen molar-refractivity contribution in [1.29, 1.82) is 0 Å². The number of carboxylic acid groups (broad SMARTS) is 1. The zero-order valence-corrected chi connectivity index (χ0v) is 18.8. The van der Waals surface area contributed by atoms with Crippen LogP contribution in [0.15, 0.2) is 0 Å². The average Bonchev–Trinajstić information content (AvgIpc) is 2.98. The molecule has 0 bridgehead atoms. The first-order valence-electron chi connectivity index (χ1n) is 12.0. The number of carbonyl (C=O) groups excluding carboxylic acids is 1. The normalized spacial score (nSPS) is 47.4. The van der Waals surface area contributed by atoms with Crippen LogP contribution in [0.25, 0.3) is 0 Å². The highest BCUT2D eigenvalue weighted by molar-refractivity contribution is 5.67. The Kier molecular flexibility index (Phi) is 5.53. The summed E-state index contributed by atoms with van der Waals surface area (Å²) in [6, 6.07) is 0. The zero-order valence-electron chi connectivity index (χ0n) is 18.8. The van der Waals surface area contributed by atoms with Crippen molar-refractivity contribution in [3.8, 4) is 0 Å². The molecule has 4 unspecified atom stereocenters. The van der Waals surface area contributed by atoms with Crippen LogP contribution in [0.3, 0.4) is 0 Å². The number of carbonyl (C=O) groups is 2. The Morgan fingerprint density at radius 2 is 1.69 bits per heavy atom. The molecule has 4 saturated carbocycles. The largest absolute Gasteiger partial charge is 0.481 e. The monoisotopic (exact) mass is 404 g/mol. The van der Waals surface area contributed by atoms with E-state index in [4.69, 9.17) is 4.74 Å². The quantitative estimate of drug-likeness (QED) is 0.612. The minimum atomic E-state index is -0.643. The predicted molar refractivity (Wildman–Crippen MR) is 112 cm³/mol. The second-order valence-corrected chi connectivity index (χ2v) is 11.5. The van der Waals surface area contributed by atoms with Gasteiger partial charge in [0.2, 0.25) is 0 Å². The predicted octanol–water partition coefficient (Wildman–Crippen LogP) is 5.69. The van der Waals surface area contributed by atoms with Gasteiger partial charge in [0.25, 0.3) is 0 Å². The van der Waals surface area contributed by atoms with Crippen molar-refractivity contribution in [3.05, 3.63) is 0 Å². The fourth-order valence-corrected chi connectivity index (χ4v) is 8.95. The van der Waals surface area contributed by atoms with Crippen molar-refractivity contribution < 1.29 is 19.4 Å². The van der Waals surface area contributed by atoms with E-state index >= 15 is 0 Å². The number of hydrogen-bond donors (Lipinski definition) is 1. The molecule has 0 aromatic carbocycles. The number of aliphatic carboxylic acids is 1. The molecule has 9 atom stereocenters. The molecular formula is C25H40O4. The molecular weight excluding hydrogens is 364 g/mol. The van der Waals surface area contributed by atoms with E-state index in [-0.39, 0.29) is 18.0 Å². The summed E-state index contributed by atoms with van der Waals surface area (Å²) in [7, 11) is 0. The van der Waals surface area contributed by atoms with Crippen LogP contribution in [0.5, 0.6) is 0 Å². The molecule has 4 nitrogen and oxygen atoms in total.